The fraction of sp³-hybridized carbons (Fsp3) is 0.500. The predicted octanol–water partition coefficient (Wildman–Crippen LogP) is 3.45. The van der Waals surface area contributed by atoms with Gasteiger partial charge in [0.15, 0.2) is 5.82 Å². The van der Waals surface area contributed by atoms with Crippen molar-refractivity contribution in [2.24, 2.45) is 5.92 Å². The van der Waals surface area contributed by atoms with Crippen LogP contribution in [-0.2, 0) is 6.54 Å². The van der Waals surface area contributed by atoms with Crippen molar-refractivity contribution in [3.63, 3.8) is 0 Å². The maximum Gasteiger partial charge on any atom is 0.169 e. The Balaban J connectivity index is 1.50. The van der Waals surface area contributed by atoms with Gasteiger partial charge in [-0.15, -0.1) is 5.10 Å². The van der Waals surface area contributed by atoms with Crippen LogP contribution in [0.25, 0.3) is 0 Å². The molecular weight excluding hydrogens is 364 g/mol. The molecule has 0 N–H and O–H groups in total. The molecule has 0 spiro atoms. The molecule has 0 bridgehead atoms. The third-order valence-electron chi connectivity index (χ3n) is 5.75. The zero-order chi connectivity index (χ0) is 20.4. The highest BCUT2D eigenvalue weighted by Crippen LogP contribution is 2.30. The summed E-state index contributed by atoms with van der Waals surface area (Å²) < 4.78 is 7.37. The lowest BCUT2D eigenvalue weighted by molar-refractivity contribution is 0.135. The van der Waals surface area contributed by atoms with Gasteiger partial charge in [-0.25, -0.2) is 4.68 Å². The SMILES string of the molecule is Cc1ccc(C)c(N2CCN(C(c3nnnn3Cc3ccco3)C(C)C)CC2)c1. The van der Waals surface area contributed by atoms with Crippen LogP contribution < -0.4 is 4.90 Å². The van der Waals surface area contributed by atoms with Gasteiger partial charge < -0.3 is 9.32 Å². The Hall–Kier alpha value is -2.67. The van der Waals surface area contributed by atoms with Gasteiger partial charge in [0, 0.05) is 31.9 Å². The van der Waals surface area contributed by atoms with Gasteiger partial charge in [0.1, 0.15) is 12.3 Å². The lowest BCUT2D eigenvalue weighted by Crippen LogP contribution is -2.49. The van der Waals surface area contributed by atoms with Crippen molar-refractivity contribution in [3.05, 3.63) is 59.3 Å². The molecule has 29 heavy (non-hydrogen) atoms. The smallest absolute Gasteiger partial charge is 0.169 e. The number of rotatable bonds is 6. The summed E-state index contributed by atoms with van der Waals surface area (Å²) in [6, 6.07) is 10.7. The summed E-state index contributed by atoms with van der Waals surface area (Å²) in [6.07, 6.45) is 1.69. The Morgan fingerprint density at radius 1 is 1.07 bits per heavy atom. The number of piperazine rings is 1. The maximum absolute atomic E-state index is 5.49. The van der Waals surface area contributed by atoms with Gasteiger partial charge in [-0.05, 0) is 59.5 Å². The largest absolute Gasteiger partial charge is 0.467 e. The fourth-order valence-corrected chi connectivity index (χ4v) is 4.27. The van der Waals surface area contributed by atoms with Gasteiger partial charge in [-0.3, -0.25) is 4.90 Å². The number of hydrogen-bond donors (Lipinski definition) is 0. The molecular formula is C22H30N6O. The second-order valence-electron chi connectivity index (χ2n) is 8.28. The highest BCUT2D eigenvalue weighted by molar-refractivity contribution is 5.55. The van der Waals surface area contributed by atoms with Crippen LogP contribution in [0.4, 0.5) is 5.69 Å². The molecule has 0 radical (unpaired) electrons. The van der Waals surface area contributed by atoms with Gasteiger partial charge in [0.2, 0.25) is 0 Å². The first-order chi connectivity index (χ1) is 14.0. The Morgan fingerprint density at radius 2 is 1.86 bits per heavy atom. The van der Waals surface area contributed by atoms with Gasteiger partial charge in [0.25, 0.3) is 0 Å². The van der Waals surface area contributed by atoms with Crippen molar-refractivity contribution in [1.82, 2.24) is 25.1 Å². The van der Waals surface area contributed by atoms with E-state index in [-0.39, 0.29) is 6.04 Å². The molecule has 3 heterocycles. The molecule has 1 aromatic carbocycles. The van der Waals surface area contributed by atoms with E-state index in [1.165, 1.54) is 16.8 Å². The lowest BCUT2D eigenvalue weighted by atomic mass is 10.00. The third kappa shape index (κ3) is 4.19. The molecule has 7 nitrogen and oxygen atoms in total. The van der Waals surface area contributed by atoms with Crippen LogP contribution in [-0.4, -0.2) is 51.3 Å². The van der Waals surface area contributed by atoms with E-state index in [1.54, 1.807) is 6.26 Å². The van der Waals surface area contributed by atoms with Crippen molar-refractivity contribution < 1.29 is 4.42 Å². The zero-order valence-corrected chi connectivity index (χ0v) is 17.7. The summed E-state index contributed by atoms with van der Waals surface area (Å²) in [4.78, 5) is 5.03. The molecule has 1 aliphatic rings. The number of nitrogens with zero attached hydrogens (tertiary/aromatic N) is 6. The number of aromatic nitrogens is 4. The highest BCUT2D eigenvalue weighted by atomic mass is 16.3. The molecule has 1 atom stereocenters. The molecule has 4 rings (SSSR count). The summed E-state index contributed by atoms with van der Waals surface area (Å²) in [7, 11) is 0. The number of tetrazole rings is 1. The summed E-state index contributed by atoms with van der Waals surface area (Å²) in [5.41, 5.74) is 4.01. The van der Waals surface area contributed by atoms with Gasteiger partial charge >= 0.3 is 0 Å². The van der Waals surface area contributed by atoms with E-state index < -0.39 is 0 Å². The normalized spacial score (nSPS) is 16.5. The van der Waals surface area contributed by atoms with E-state index in [2.05, 4.69) is 71.2 Å². The number of aryl methyl sites for hydroxylation is 2. The standard InChI is InChI=1S/C22H30N6O/c1-16(2)21(22-23-24-25-28(22)15-19-6-5-13-29-19)27-11-9-26(10-12-27)20-14-17(3)7-8-18(20)4/h5-8,13-14,16,21H,9-12,15H2,1-4H3. The van der Waals surface area contributed by atoms with Crippen molar-refractivity contribution in [3.8, 4) is 0 Å². The summed E-state index contributed by atoms with van der Waals surface area (Å²) in [5, 5.41) is 12.6. The van der Waals surface area contributed by atoms with E-state index in [0.29, 0.717) is 12.5 Å². The van der Waals surface area contributed by atoms with Crippen molar-refractivity contribution in [2.75, 3.05) is 31.1 Å². The highest BCUT2D eigenvalue weighted by Gasteiger charge is 2.31. The van der Waals surface area contributed by atoms with Crippen LogP contribution in [0.3, 0.4) is 0 Å². The minimum Gasteiger partial charge on any atom is -0.467 e. The molecule has 7 heteroatoms. The van der Waals surface area contributed by atoms with Crippen LogP contribution in [0.5, 0.6) is 0 Å². The quantitative estimate of drug-likeness (QED) is 0.638. The van der Waals surface area contributed by atoms with Crippen LogP contribution in [0.2, 0.25) is 0 Å². The van der Waals surface area contributed by atoms with Crippen molar-refractivity contribution in [1.29, 1.82) is 0 Å². The monoisotopic (exact) mass is 394 g/mol. The zero-order valence-electron chi connectivity index (χ0n) is 17.7. The number of anilines is 1. The van der Waals surface area contributed by atoms with Crippen LogP contribution in [0.1, 0.15) is 42.6 Å². The van der Waals surface area contributed by atoms with Crippen molar-refractivity contribution in [2.45, 2.75) is 40.3 Å². The molecule has 2 aromatic heterocycles. The van der Waals surface area contributed by atoms with Gasteiger partial charge in [-0.2, -0.15) is 0 Å². The van der Waals surface area contributed by atoms with E-state index in [4.69, 9.17) is 4.42 Å². The van der Waals surface area contributed by atoms with Gasteiger partial charge in [-0.1, -0.05) is 26.0 Å². The van der Waals surface area contributed by atoms with E-state index in [0.717, 1.165) is 37.8 Å². The second kappa shape index (κ2) is 8.37. The van der Waals surface area contributed by atoms with Crippen LogP contribution >= 0.6 is 0 Å². The van der Waals surface area contributed by atoms with Gasteiger partial charge in [0.05, 0.1) is 12.3 Å². The summed E-state index contributed by atoms with van der Waals surface area (Å²) >= 11 is 0. The Morgan fingerprint density at radius 3 is 2.55 bits per heavy atom. The van der Waals surface area contributed by atoms with E-state index >= 15 is 0 Å². The first-order valence-electron chi connectivity index (χ1n) is 10.4. The van der Waals surface area contributed by atoms with Crippen LogP contribution in [0.15, 0.2) is 41.0 Å². The molecule has 0 aliphatic carbocycles. The van der Waals surface area contributed by atoms with Crippen molar-refractivity contribution >= 4 is 5.69 Å². The second-order valence-corrected chi connectivity index (χ2v) is 8.28. The number of furan rings is 1. The van der Waals surface area contributed by atoms with E-state index in [1.807, 2.05) is 16.8 Å². The molecule has 1 fully saturated rings. The first kappa shape index (κ1) is 19.6. The molecule has 1 aliphatic heterocycles. The molecule has 0 amide bonds. The Bertz CT molecular complexity index is 925. The average Bonchev–Trinajstić information content (AvgIpc) is 3.37. The minimum atomic E-state index is 0.181. The third-order valence-corrected chi connectivity index (χ3v) is 5.75. The molecule has 154 valence electrons. The predicted molar refractivity (Wildman–Crippen MR) is 113 cm³/mol. The summed E-state index contributed by atoms with van der Waals surface area (Å²) in [5.74, 6) is 2.18. The lowest BCUT2D eigenvalue weighted by Gasteiger charge is -2.41. The molecule has 3 aromatic rings. The maximum atomic E-state index is 5.49. The Labute approximate surface area is 172 Å². The van der Waals surface area contributed by atoms with E-state index in [9.17, 15) is 0 Å². The first-order valence-corrected chi connectivity index (χ1v) is 10.4. The molecule has 1 saturated heterocycles. The topological polar surface area (TPSA) is 63.2 Å². The number of benzene rings is 1. The fourth-order valence-electron chi connectivity index (χ4n) is 4.27. The molecule has 1 unspecified atom stereocenters. The average molecular weight is 395 g/mol. The molecule has 0 saturated carbocycles. The van der Waals surface area contributed by atoms with Crippen LogP contribution in [0, 0.1) is 19.8 Å². The number of hydrogen-bond acceptors (Lipinski definition) is 6. The Kier molecular flexibility index (Phi) is 5.67. The minimum absolute atomic E-state index is 0.181. The summed E-state index contributed by atoms with van der Waals surface area (Å²) in [6.45, 7) is 13.4.